The van der Waals surface area contributed by atoms with E-state index in [1.165, 1.54) is 11.3 Å². The van der Waals surface area contributed by atoms with Crippen molar-refractivity contribution in [3.8, 4) is 0 Å². The van der Waals surface area contributed by atoms with Crippen LogP contribution in [0.3, 0.4) is 0 Å². The van der Waals surface area contributed by atoms with E-state index in [1.807, 2.05) is 18.7 Å². The van der Waals surface area contributed by atoms with E-state index in [9.17, 15) is 5.11 Å². The van der Waals surface area contributed by atoms with E-state index >= 15 is 0 Å². The molecule has 0 saturated carbocycles. The molecule has 0 aliphatic heterocycles. The van der Waals surface area contributed by atoms with Crippen LogP contribution in [-0.2, 0) is 5.60 Å². The highest BCUT2D eigenvalue weighted by molar-refractivity contribution is 7.99. The highest BCUT2D eigenvalue weighted by atomic mass is 32.2. The standard InChI is InChI=1S/C19H33NOS/c1-6-20(7-2)14-13-19(5,21)17-8-10-18(11-9-17)22-15-12-16(3)4/h8-11,16,21H,6-7,12-15H2,1-5H3. The van der Waals surface area contributed by atoms with Gasteiger partial charge in [0.15, 0.2) is 0 Å². The third-order valence-electron chi connectivity index (χ3n) is 4.25. The van der Waals surface area contributed by atoms with Crippen molar-refractivity contribution in [1.29, 1.82) is 0 Å². The second-order valence-electron chi connectivity index (χ2n) is 6.61. The lowest BCUT2D eigenvalue weighted by Crippen LogP contribution is -2.31. The topological polar surface area (TPSA) is 23.5 Å². The second kappa shape index (κ2) is 9.59. The fourth-order valence-corrected chi connectivity index (χ4v) is 3.54. The Hall–Kier alpha value is -0.510. The van der Waals surface area contributed by atoms with Crippen LogP contribution in [0.15, 0.2) is 29.2 Å². The second-order valence-corrected chi connectivity index (χ2v) is 7.77. The van der Waals surface area contributed by atoms with Gasteiger partial charge in [0.05, 0.1) is 5.60 Å². The molecule has 1 N–H and O–H groups in total. The zero-order valence-electron chi connectivity index (χ0n) is 14.9. The largest absolute Gasteiger partial charge is 0.385 e. The molecular formula is C19H33NOS. The number of benzene rings is 1. The van der Waals surface area contributed by atoms with E-state index in [4.69, 9.17) is 0 Å². The Balaban J connectivity index is 2.56. The zero-order chi connectivity index (χ0) is 16.6. The molecule has 0 aliphatic rings. The molecule has 0 spiro atoms. The van der Waals surface area contributed by atoms with Crippen molar-refractivity contribution in [2.45, 2.75) is 58.0 Å². The van der Waals surface area contributed by atoms with Crippen LogP contribution in [0, 0.1) is 5.92 Å². The SMILES string of the molecule is CCN(CC)CCC(C)(O)c1ccc(SCCC(C)C)cc1. The highest BCUT2D eigenvalue weighted by Crippen LogP contribution is 2.28. The normalized spacial score (nSPS) is 14.5. The van der Waals surface area contributed by atoms with Gasteiger partial charge < -0.3 is 10.0 Å². The summed E-state index contributed by atoms with van der Waals surface area (Å²) in [6.07, 6.45) is 2.02. The molecule has 0 radical (unpaired) electrons. The first-order valence-electron chi connectivity index (χ1n) is 8.57. The van der Waals surface area contributed by atoms with Crippen molar-refractivity contribution in [3.05, 3.63) is 29.8 Å². The van der Waals surface area contributed by atoms with Crippen molar-refractivity contribution in [2.75, 3.05) is 25.4 Å². The van der Waals surface area contributed by atoms with Gasteiger partial charge in [-0.1, -0.05) is 39.8 Å². The molecule has 0 bridgehead atoms. The summed E-state index contributed by atoms with van der Waals surface area (Å²) in [6, 6.07) is 8.46. The third kappa shape index (κ3) is 6.72. The van der Waals surface area contributed by atoms with Gasteiger partial charge in [0.2, 0.25) is 0 Å². The predicted octanol–water partition coefficient (Wildman–Crippen LogP) is 4.76. The van der Waals surface area contributed by atoms with Crippen LogP contribution >= 0.6 is 11.8 Å². The molecular weight excluding hydrogens is 290 g/mol. The molecule has 3 heteroatoms. The monoisotopic (exact) mass is 323 g/mol. The molecule has 126 valence electrons. The number of hydrogen-bond acceptors (Lipinski definition) is 3. The summed E-state index contributed by atoms with van der Waals surface area (Å²) < 4.78 is 0. The van der Waals surface area contributed by atoms with E-state index in [-0.39, 0.29) is 0 Å². The van der Waals surface area contributed by atoms with Gasteiger partial charge in [0.25, 0.3) is 0 Å². The van der Waals surface area contributed by atoms with Crippen molar-refractivity contribution in [2.24, 2.45) is 5.92 Å². The molecule has 1 aromatic carbocycles. The highest BCUT2D eigenvalue weighted by Gasteiger charge is 2.23. The van der Waals surface area contributed by atoms with Crippen molar-refractivity contribution < 1.29 is 5.11 Å². The van der Waals surface area contributed by atoms with E-state index < -0.39 is 5.60 Å². The van der Waals surface area contributed by atoms with Gasteiger partial charge in [-0.2, -0.15) is 0 Å². The molecule has 22 heavy (non-hydrogen) atoms. The summed E-state index contributed by atoms with van der Waals surface area (Å²) in [5.74, 6) is 1.92. The first-order valence-corrected chi connectivity index (χ1v) is 9.55. The van der Waals surface area contributed by atoms with E-state index in [0.29, 0.717) is 0 Å². The van der Waals surface area contributed by atoms with Gasteiger partial charge in [-0.15, -0.1) is 11.8 Å². The minimum absolute atomic E-state index is 0.746. The van der Waals surface area contributed by atoms with E-state index in [0.717, 1.165) is 43.3 Å². The number of hydrogen-bond donors (Lipinski definition) is 1. The fraction of sp³-hybridized carbons (Fsp3) is 0.684. The molecule has 0 aromatic heterocycles. The molecule has 0 amide bonds. The average Bonchev–Trinajstić information content (AvgIpc) is 2.48. The van der Waals surface area contributed by atoms with Crippen LogP contribution in [0.1, 0.15) is 53.0 Å². The van der Waals surface area contributed by atoms with Gasteiger partial charge in [0, 0.05) is 11.4 Å². The lowest BCUT2D eigenvalue weighted by Gasteiger charge is -2.27. The first-order chi connectivity index (χ1) is 10.4. The molecule has 1 unspecified atom stereocenters. The average molecular weight is 324 g/mol. The van der Waals surface area contributed by atoms with Crippen LogP contribution in [0.4, 0.5) is 0 Å². The number of thioether (sulfide) groups is 1. The smallest absolute Gasteiger partial charge is 0.0880 e. The maximum absolute atomic E-state index is 10.7. The summed E-state index contributed by atoms with van der Waals surface area (Å²) in [5.41, 5.74) is 0.275. The summed E-state index contributed by atoms with van der Waals surface area (Å²) in [5, 5.41) is 10.7. The van der Waals surface area contributed by atoms with Crippen LogP contribution in [0.2, 0.25) is 0 Å². The molecule has 0 saturated heterocycles. The Bertz CT molecular complexity index is 410. The minimum atomic E-state index is -0.746. The predicted molar refractivity (Wildman–Crippen MR) is 98.6 cm³/mol. The number of aliphatic hydroxyl groups is 1. The third-order valence-corrected chi connectivity index (χ3v) is 5.29. The van der Waals surface area contributed by atoms with Crippen molar-refractivity contribution >= 4 is 11.8 Å². The van der Waals surface area contributed by atoms with Gasteiger partial charge in [0.1, 0.15) is 0 Å². The maximum Gasteiger partial charge on any atom is 0.0880 e. The van der Waals surface area contributed by atoms with Gasteiger partial charge in [-0.05, 0) is 62.2 Å². The Morgan fingerprint density at radius 3 is 2.23 bits per heavy atom. The molecule has 2 nitrogen and oxygen atoms in total. The summed E-state index contributed by atoms with van der Waals surface area (Å²) >= 11 is 1.90. The number of nitrogens with zero attached hydrogens (tertiary/aromatic N) is 1. The Morgan fingerprint density at radius 2 is 1.73 bits per heavy atom. The Kier molecular flexibility index (Phi) is 8.52. The van der Waals surface area contributed by atoms with E-state index in [1.54, 1.807) is 0 Å². The van der Waals surface area contributed by atoms with Crippen LogP contribution in [-0.4, -0.2) is 35.4 Å². The number of rotatable bonds is 10. The first kappa shape index (κ1) is 19.5. The zero-order valence-corrected chi connectivity index (χ0v) is 15.7. The van der Waals surface area contributed by atoms with Crippen LogP contribution in [0.25, 0.3) is 0 Å². The molecule has 1 aromatic rings. The maximum atomic E-state index is 10.7. The van der Waals surface area contributed by atoms with Crippen molar-refractivity contribution in [1.82, 2.24) is 4.90 Å². The lowest BCUT2D eigenvalue weighted by atomic mass is 9.92. The molecule has 0 aliphatic carbocycles. The van der Waals surface area contributed by atoms with Crippen LogP contribution in [0.5, 0.6) is 0 Å². The Labute approximate surface area is 141 Å². The van der Waals surface area contributed by atoms with Gasteiger partial charge in [-0.25, -0.2) is 0 Å². The fourth-order valence-electron chi connectivity index (χ4n) is 2.38. The molecule has 1 atom stereocenters. The summed E-state index contributed by atoms with van der Waals surface area (Å²) in [4.78, 5) is 3.65. The Morgan fingerprint density at radius 1 is 1.14 bits per heavy atom. The lowest BCUT2D eigenvalue weighted by molar-refractivity contribution is 0.0369. The van der Waals surface area contributed by atoms with Crippen LogP contribution < -0.4 is 0 Å². The molecule has 0 fully saturated rings. The summed E-state index contributed by atoms with van der Waals surface area (Å²) in [7, 11) is 0. The molecule has 0 heterocycles. The van der Waals surface area contributed by atoms with Gasteiger partial charge >= 0.3 is 0 Å². The van der Waals surface area contributed by atoms with Gasteiger partial charge in [-0.3, -0.25) is 0 Å². The summed E-state index contributed by atoms with van der Waals surface area (Å²) in [6.45, 7) is 13.8. The minimum Gasteiger partial charge on any atom is -0.385 e. The molecule has 1 rings (SSSR count). The van der Waals surface area contributed by atoms with E-state index in [2.05, 4.69) is 56.9 Å². The quantitative estimate of drug-likeness (QED) is 0.628. The van der Waals surface area contributed by atoms with Crippen molar-refractivity contribution in [3.63, 3.8) is 0 Å².